The summed E-state index contributed by atoms with van der Waals surface area (Å²) in [6, 6.07) is 11.5. The van der Waals surface area contributed by atoms with E-state index >= 15 is 0 Å². The Hall–Kier alpha value is -3.30. The first-order chi connectivity index (χ1) is 17.3. The van der Waals surface area contributed by atoms with Crippen molar-refractivity contribution in [2.75, 3.05) is 13.2 Å². The van der Waals surface area contributed by atoms with Crippen molar-refractivity contribution < 1.29 is 9.15 Å². The molecule has 0 radical (unpaired) electrons. The summed E-state index contributed by atoms with van der Waals surface area (Å²) >= 11 is 0. The number of fused-ring (bicyclic) bond motifs is 1. The van der Waals surface area contributed by atoms with Gasteiger partial charge in [-0.05, 0) is 91.7 Å². The molecule has 0 saturated carbocycles. The smallest absolute Gasteiger partial charge is 0.253 e. The normalized spacial score (nSPS) is 17.3. The molecule has 1 saturated heterocycles. The Morgan fingerprint density at radius 3 is 2.81 bits per heavy atom. The van der Waals surface area contributed by atoms with Gasteiger partial charge in [0.1, 0.15) is 11.8 Å². The SMILES string of the molecule is CCc1ccc2[nH]c(=O)c([C@H](c3nnnn3C(C)(C)C)N(Cc3ccco3)C[C@H]3CCCO3)cc2c1. The van der Waals surface area contributed by atoms with Gasteiger partial charge in [0.25, 0.3) is 5.56 Å². The fraction of sp³-hybridized carbons (Fsp3) is 0.481. The number of nitrogens with one attached hydrogen (secondary N) is 1. The lowest BCUT2D eigenvalue weighted by atomic mass is 10.00. The van der Waals surface area contributed by atoms with Crippen molar-refractivity contribution in [2.45, 2.75) is 71.2 Å². The quantitative estimate of drug-likeness (QED) is 0.395. The van der Waals surface area contributed by atoms with E-state index in [1.54, 1.807) is 6.26 Å². The van der Waals surface area contributed by atoms with Gasteiger partial charge < -0.3 is 14.1 Å². The average molecular weight is 491 g/mol. The van der Waals surface area contributed by atoms with Crippen molar-refractivity contribution in [3.05, 3.63) is 75.7 Å². The molecule has 5 rings (SSSR count). The summed E-state index contributed by atoms with van der Waals surface area (Å²) in [5, 5.41) is 13.8. The van der Waals surface area contributed by atoms with Crippen LogP contribution in [0.25, 0.3) is 10.9 Å². The van der Waals surface area contributed by atoms with Crippen LogP contribution in [0, 0.1) is 0 Å². The molecule has 2 atom stereocenters. The number of ether oxygens (including phenoxy) is 1. The van der Waals surface area contributed by atoms with Gasteiger partial charge in [0.2, 0.25) is 0 Å². The molecule has 0 unspecified atom stereocenters. The Morgan fingerprint density at radius 2 is 2.11 bits per heavy atom. The van der Waals surface area contributed by atoms with Crippen molar-refractivity contribution >= 4 is 10.9 Å². The molecule has 1 aliphatic heterocycles. The molecular formula is C27H34N6O3. The molecule has 0 bridgehead atoms. The summed E-state index contributed by atoms with van der Waals surface area (Å²) in [6.07, 6.45) is 4.65. The van der Waals surface area contributed by atoms with Crippen LogP contribution in [0.3, 0.4) is 0 Å². The number of tetrazole rings is 1. The molecule has 1 aliphatic rings. The molecule has 4 heterocycles. The van der Waals surface area contributed by atoms with Gasteiger partial charge in [0.05, 0.1) is 24.5 Å². The maximum absolute atomic E-state index is 13.6. The second-order valence-corrected chi connectivity index (χ2v) is 10.5. The molecule has 190 valence electrons. The largest absolute Gasteiger partial charge is 0.468 e. The molecule has 0 amide bonds. The lowest BCUT2D eigenvalue weighted by Gasteiger charge is -2.33. The van der Waals surface area contributed by atoms with Crippen molar-refractivity contribution in [1.82, 2.24) is 30.1 Å². The van der Waals surface area contributed by atoms with Crippen LogP contribution in [0.2, 0.25) is 0 Å². The first kappa shape index (κ1) is 24.4. The lowest BCUT2D eigenvalue weighted by molar-refractivity contribution is 0.0536. The number of nitrogens with zero attached hydrogens (tertiary/aromatic N) is 5. The summed E-state index contributed by atoms with van der Waals surface area (Å²) in [5.74, 6) is 1.42. The van der Waals surface area contributed by atoms with Gasteiger partial charge in [-0.1, -0.05) is 13.0 Å². The Kier molecular flexibility index (Phi) is 6.77. The zero-order chi connectivity index (χ0) is 25.3. The van der Waals surface area contributed by atoms with E-state index in [0.717, 1.165) is 42.5 Å². The topological polar surface area (TPSA) is 102 Å². The maximum atomic E-state index is 13.6. The Labute approximate surface area is 210 Å². The van der Waals surface area contributed by atoms with Crippen LogP contribution in [0.4, 0.5) is 0 Å². The summed E-state index contributed by atoms with van der Waals surface area (Å²) in [5.41, 5.74) is 2.09. The maximum Gasteiger partial charge on any atom is 0.253 e. The standard InChI is InChI=1S/C27H34N6O3/c1-5-18-10-11-23-19(14-18)15-22(26(34)28-23)24(25-29-30-31-33(25)27(2,3)4)32(16-20-8-6-12-35-20)17-21-9-7-13-36-21/h6,8,10-12,14-15,21,24H,5,7,9,13,16-17H2,1-4H3,(H,28,34)/t21-,24-/m1/s1. The second kappa shape index (κ2) is 9.99. The zero-order valence-electron chi connectivity index (χ0n) is 21.4. The molecule has 1 aromatic carbocycles. The van der Waals surface area contributed by atoms with Crippen LogP contribution in [-0.4, -0.2) is 49.3 Å². The monoisotopic (exact) mass is 490 g/mol. The average Bonchev–Trinajstić information content (AvgIpc) is 3.62. The van der Waals surface area contributed by atoms with Gasteiger partial charge in [0.15, 0.2) is 5.82 Å². The van der Waals surface area contributed by atoms with Gasteiger partial charge in [0, 0.05) is 24.2 Å². The summed E-state index contributed by atoms with van der Waals surface area (Å²) in [7, 11) is 0. The number of hydrogen-bond donors (Lipinski definition) is 1. The van der Waals surface area contributed by atoms with E-state index in [0.29, 0.717) is 24.5 Å². The number of pyridine rings is 1. The molecule has 9 nitrogen and oxygen atoms in total. The highest BCUT2D eigenvalue weighted by atomic mass is 16.5. The molecular weight excluding hydrogens is 456 g/mol. The van der Waals surface area contributed by atoms with Crippen LogP contribution in [-0.2, 0) is 23.2 Å². The Morgan fingerprint density at radius 1 is 1.25 bits per heavy atom. The van der Waals surface area contributed by atoms with Crippen LogP contribution >= 0.6 is 0 Å². The highest BCUT2D eigenvalue weighted by molar-refractivity contribution is 5.80. The highest BCUT2D eigenvalue weighted by Crippen LogP contribution is 2.32. The van der Waals surface area contributed by atoms with Crippen LogP contribution in [0.5, 0.6) is 0 Å². The number of aryl methyl sites for hydroxylation is 1. The van der Waals surface area contributed by atoms with Gasteiger partial charge in [-0.25, -0.2) is 4.68 Å². The van der Waals surface area contributed by atoms with Crippen molar-refractivity contribution in [3.8, 4) is 0 Å². The van der Waals surface area contributed by atoms with Crippen molar-refractivity contribution in [1.29, 1.82) is 0 Å². The molecule has 3 aromatic heterocycles. The van der Waals surface area contributed by atoms with Gasteiger partial charge >= 0.3 is 0 Å². The number of H-pyrrole nitrogens is 1. The predicted octanol–water partition coefficient (Wildman–Crippen LogP) is 4.20. The van der Waals surface area contributed by atoms with E-state index in [1.807, 2.05) is 28.9 Å². The third-order valence-corrected chi connectivity index (χ3v) is 6.78. The lowest BCUT2D eigenvalue weighted by Crippen LogP contribution is -2.40. The van der Waals surface area contributed by atoms with Gasteiger partial charge in [-0.3, -0.25) is 9.69 Å². The van der Waals surface area contributed by atoms with Crippen LogP contribution in [0.1, 0.15) is 69.3 Å². The van der Waals surface area contributed by atoms with Gasteiger partial charge in [-0.15, -0.1) is 5.10 Å². The fourth-order valence-corrected chi connectivity index (χ4v) is 4.95. The second-order valence-electron chi connectivity index (χ2n) is 10.5. The minimum atomic E-state index is -0.507. The third-order valence-electron chi connectivity index (χ3n) is 6.78. The fourth-order valence-electron chi connectivity index (χ4n) is 4.95. The number of hydrogen-bond acceptors (Lipinski definition) is 7. The third kappa shape index (κ3) is 4.99. The minimum Gasteiger partial charge on any atom is -0.468 e. The highest BCUT2D eigenvalue weighted by Gasteiger charge is 2.35. The van der Waals surface area contributed by atoms with Crippen molar-refractivity contribution in [3.63, 3.8) is 0 Å². The van der Waals surface area contributed by atoms with Crippen molar-refractivity contribution in [2.24, 2.45) is 0 Å². The molecule has 1 N–H and O–H groups in total. The van der Waals surface area contributed by atoms with E-state index in [-0.39, 0.29) is 17.2 Å². The predicted molar refractivity (Wildman–Crippen MR) is 137 cm³/mol. The van der Waals surface area contributed by atoms with E-state index in [2.05, 4.69) is 65.2 Å². The molecule has 0 aliphatic carbocycles. The Bertz CT molecular complexity index is 1360. The van der Waals surface area contributed by atoms with Crippen LogP contribution in [0.15, 0.2) is 51.9 Å². The first-order valence-corrected chi connectivity index (χ1v) is 12.7. The van der Waals surface area contributed by atoms with E-state index in [1.165, 1.54) is 5.56 Å². The Balaban J connectivity index is 1.69. The molecule has 36 heavy (non-hydrogen) atoms. The molecule has 4 aromatic rings. The summed E-state index contributed by atoms with van der Waals surface area (Å²) in [4.78, 5) is 18.9. The van der Waals surface area contributed by atoms with E-state index in [4.69, 9.17) is 9.15 Å². The number of aromatic nitrogens is 5. The number of furan rings is 1. The number of rotatable bonds is 8. The van der Waals surface area contributed by atoms with Gasteiger partial charge in [-0.2, -0.15) is 0 Å². The minimum absolute atomic E-state index is 0.0626. The summed E-state index contributed by atoms with van der Waals surface area (Å²) in [6.45, 7) is 10.1. The summed E-state index contributed by atoms with van der Waals surface area (Å²) < 4.78 is 13.6. The molecule has 0 spiro atoms. The first-order valence-electron chi connectivity index (χ1n) is 12.7. The zero-order valence-corrected chi connectivity index (χ0v) is 21.4. The number of benzene rings is 1. The van der Waals surface area contributed by atoms with E-state index < -0.39 is 6.04 Å². The number of aromatic amines is 1. The van der Waals surface area contributed by atoms with E-state index in [9.17, 15) is 4.79 Å². The molecule has 1 fully saturated rings. The van der Waals surface area contributed by atoms with Crippen LogP contribution < -0.4 is 5.56 Å². The molecule has 9 heteroatoms.